The topological polar surface area (TPSA) is 62.6 Å². The monoisotopic (exact) mass is 344 g/mol. The highest BCUT2D eigenvalue weighted by atomic mass is 32.2. The van der Waals surface area contributed by atoms with E-state index in [-0.39, 0.29) is 17.9 Å². The Kier molecular flexibility index (Phi) is 5.59. The number of likely N-dealkylation sites (tertiary alicyclic amines) is 1. The van der Waals surface area contributed by atoms with Gasteiger partial charge in [-0.2, -0.15) is 0 Å². The number of carbonyl (C=O) groups excluding carboxylic acids is 2. The molecule has 1 aromatic heterocycles. The number of nitrogens with zero attached hydrogens (tertiary/aromatic N) is 1. The predicted octanol–water partition coefficient (Wildman–Crippen LogP) is 2.79. The molecule has 3 rings (SSSR count). The highest BCUT2D eigenvalue weighted by Gasteiger charge is 2.25. The third-order valence-corrected chi connectivity index (χ3v) is 5.00. The second-order valence-corrected chi connectivity index (χ2v) is 6.76. The van der Waals surface area contributed by atoms with Gasteiger partial charge in [-0.25, -0.2) is 0 Å². The van der Waals surface area contributed by atoms with Crippen LogP contribution in [-0.4, -0.2) is 41.6 Å². The Labute approximate surface area is 145 Å². The van der Waals surface area contributed by atoms with E-state index in [0.29, 0.717) is 24.6 Å². The van der Waals surface area contributed by atoms with Crippen molar-refractivity contribution in [2.45, 2.75) is 23.8 Å². The van der Waals surface area contributed by atoms with Crippen LogP contribution in [0.15, 0.2) is 58.0 Å². The number of piperidine rings is 1. The minimum absolute atomic E-state index is 0.0414. The molecule has 0 unspecified atom stereocenters. The van der Waals surface area contributed by atoms with Gasteiger partial charge in [-0.05, 0) is 37.1 Å². The Balaban J connectivity index is 1.40. The van der Waals surface area contributed by atoms with Gasteiger partial charge >= 0.3 is 0 Å². The molecular weight excluding hydrogens is 324 g/mol. The molecule has 1 N–H and O–H groups in total. The Morgan fingerprint density at radius 2 is 1.88 bits per heavy atom. The molecule has 0 atom stereocenters. The Bertz CT molecular complexity index is 665. The van der Waals surface area contributed by atoms with Crippen molar-refractivity contribution < 1.29 is 14.0 Å². The third-order valence-electron chi connectivity index (χ3n) is 3.99. The number of amides is 2. The number of hydrogen-bond acceptors (Lipinski definition) is 4. The minimum atomic E-state index is -0.0793. The number of hydrogen-bond donors (Lipinski definition) is 1. The van der Waals surface area contributed by atoms with Crippen molar-refractivity contribution in [1.29, 1.82) is 0 Å². The second kappa shape index (κ2) is 8.06. The maximum atomic E-state index is 12.2. The number of carbonyl (C=O) groups is 2. The summed E-state index contributed by atoms with van der Waals surface area (Å²) in [4.78, 5) is 27.1. The van der Waals surface area contributed by atoms with Gasteiger partial charge in [-0.15, -0.1) is 11.8 Å². The van der Waals surface area contributed by atoms with E-state index in [1.54, 1.807) is 17.0 Å². The van der Waals surface area contributed by atoms with E-state index in [9.17, 15) is 9.59 Å². The summed E-state index contributed by atoms with van der Waals surface area (Å²) in [5.74, 6) is 0.746. The third kappa shape index (κ3) is 4.41. The first-order chi connectivity index (χ1) is 11.7. The van der Waals surface area contributed by atoms with Crippen LogP contribution < -0.4 is 5.32 Å². The zero-order valence-corrected chi connectivity index (χ0v) is 14.1. The van der Waals surface area contributed by atoms with Crippen LogP contribution in [-0.2, 0) is 4.79 Å². The molecule has 2 aromatic rings. The molecule has 24 heavy (non-hydrogen) atoms. The fourth-order valence-corrected chi connectivity index (χ4v) is 3.45. The summed E-state index contributed by atoms with van der Waals surface area (Å²) < 4.78 is 5.15. The van der Waals surface area contributed by atoms with Crippen LogP contribution in [0.1, 0.15) is 23.4 Å². The standard InChI is InChI=1S/C18H20N2O3S/c21-17(13-24-15-5-2-1-3-6-15)19-14-8-10-20(11-9-14)18(22)16-7-4-12-23-16/h1-7,12,14H,8-11,13H2,(H,19,21). The van der Waals surface area contributed by atoms with E-state index in [1.807, 2.05) is 30.3 Å². The zero-order valence-electron chi connectivity index (χ0n) is 13.3. The van der Waals surface area contributed by atoms with Crippen LogP contribution in [0.25, 0.3) is 0 Å². The molecule has 0 aliphatic carbocycles. The van der Waals surface area contributed by atoms with Crippen LogP contribution in [0.4, 0.5) is 0 Å². The number of nitrogens with one attached hydrogen (secondary N) is 1. The first-order valence-corrected chi connectivity index (χ1v) is 9.01. The first kappa shape index (κ1) is 16.6. The summed E-state index contributed by atoms with van der Waals surface area (Å²) in [6.45, 7) is 1.27. The van der Waals surface area contributed by atoms with Gasteiger partial charge in [0, 0.05) is 24.0 Å². The lowest BCUT2D eigenvalue weighted by Gasteiger charge is -2.31. The molecule has 1 saturated heterocycles. The van der Waals surface area contributed by atoms with Gasteiger partial charge in [-0.3, -0.25) is 9.59 Å². The van der Waals surface area contributed by atoms with E-state index in [1.165, 1.54) is 18.0 Å². The average Bonchev–Trinajstić information content (AvgIpc) is 3.16. The van der Waals surface area contributed by atoms with E-state index < -0.39 is 0 Å². The van der Waals surface area contributed by atoms with Crippen molar-refractivity contribution in [1.82, 2.24) is 10.2 Å². The summed E-state index contributed by atoms with van der Waals surface area (Å²) in [6.07, 6.45) is 3.05. The summed E-state index contributed by atoms with van der Waals surface area (Å²) in [5.41, 5.74) is 0. The van der Waals surface area contributed by atoms with Crippen molar-refractivity contribution in [3.05, 3.63) is 54.5 Å². The molecule has 5 nitrogen and oxygen atoms in total. The van der Waals surface area contributed by atoms with E-state index in [0.717, 1.165) is 17.7 Å². The lowest BCUT2D eigenvalue weighted by Crippen LogP contribution is -2.46. The Morgan fingerprint density at radius 3 is 2.54 bits per heavy atom. The molecule has 126 valence electrons. The number of furan rings is 1. The Hall–Kier alpha value is -2.21. The highest BCUT2D eigenvalue weighted by Crippen LogP contribution is 2.18. The molecule has 1 aliphatic heterocycles. The summed E-state index contributed by atoms with van der Waals surface area (Å²) >= 11 is 1.53. The second-order valence-electron chi connectivity index (χ2n) is 5.71. The molecule has 1 aliphatic rings. The van der Waals surface area contributed by atoms with E-state index in [4.69, 9.17) is 4.42 Å². The van der Waals surface area contributed by atoms with Crippen molar-refractivity contribution in [3.63, 3.8) is 0 Å². The van der Waals surface area contributed by atoms with Crippen LogP contribution >= 0.6 is 11.8 Å². The van der Waals surface area contributed by atoms with Crippen molar-refractivity contribution in [2.75, 3.05) is 18.8 Å². The fourth-order valence-electron chi connectivity index (χ4n) is 2.72. The van der Waals surface area contributed by atoms with E-state index in [2.05, 4.69) is 5.32 Å². The number of thioether (sulfide) groups is 1. The van der Waals surface area contributed by atoms with Gasteiger partial charge in [-0.1, -0.05) is 18.2 Å². The normalized spacial score (nSPS) is 15.2. The summed E-state index contributed by atoms with van der Waals surface area (Å²) in [7, 11) is 0. The SMILES string of the molecule is O=C(CSc1ccccc1)NC1CCN(C(=O)c2ccco2)CC1. The predicted molar refractivity (Wildman–Crippen MR) is 92.9 cm³/mol. The molecule has 1 fully saturated rings. The minimum Gasteiger partial charge on any atom is -0.459 e. The highest BCUT2D eigenvalue weighted by molar-refractivity contribution is 8.00. The molecule has 1 aromatic carbocycles. The van der Waals surface area contributed by atoms with Gasteiger partial charge in [0.15, 0.2) is 5.76 Å². The molecule has 2 heterocycles. The summed E-state index contributed by atoms with van der Waals surface area (Å²) in [6, 6.07) is 13.4. The molecule has 0 spiro atoms. The van der Waals surface area contributed by atoms with Gasteiger partial charge < -0.3 is 14.6 Å². The zero-order chi connectivity index (χ0) is 16.8. The quantitative estimate of drug-likeness (QED) is 0.847. The maximum Gasteiger partial charge on any atom is 0.289 e. The first-order valence-electron chi connectivity index (χ1n) is 8.02. The Morgan fingerprint density at radius 1 is 1.12 bits per heavy atom. The average molecular weight is 344 g/mol. The number of rotatable bonds is 5. The van der Waals surface area contributed by atoms with Crippen LogP contribution in [0, 0.1) is 0 Å². The van der Waals surface area contributed by atoms with Crippen molar-refractivity contribution >= 4 is 23.6 Å². The van der Waals surface area contributed by atoms with Crippen molar-refractivity contribution in [2.24, 2.45) is 0 Å². The fraction of sp³-hybridized carbons (Fsp3) is 0.333. The molecule has 0 bridgehead atoms. The lowest BCUT2D eigenvalue weighted by molar-refractivity contribution is -0.119. The largest absolute Gasteiger partial charge is 0.459 e. The maximum absolute atomic E-state index is 12.2. The van der Waals surface area contributed by atoms with Gasteiger partial charge in [0.05, 0.1) is 12.0 Å². The van der Waals surface area contributed by atoms with E-state index >= 15 is 0 Å². The summed E-state index contributed by atoms with van der Waals surface area (Å²) in [5, 5.41) is 3.06. The van der Waals surface area contributed by atoms with Crippen molar-refractivity contribution in [3.8, 4) is 0 Å². The van der Waals surface area contributed by atoms with Gasteiger partial charge in [0.2, 0.25) is 5.91 Å². The molecule has 0 radical (unpaired) electrons. The van der Waals surface area contributed by atoms with Crippen LogP contribution in [0.3, 0.4) is 0 Å². The molecule has 6 heteroatoms. The van der Waals surface area contributed by atoms with Gasteiger partial charge in [0.1, 0.15) is 0 Å². The molecular formula is C18H20N2O3S. The smallest absolute Gasteiger partial charge is 0.289 e. The molecule has 2 amide bonds. The van der Waals surface area contributed by atoms with Crippen LogP contribution in [0.5, 0.6) is 0 Å². The lowest BCUT2D eigenvalue weighted by atomic mass is 10.0. The van der Waals surface area contributed by atoms with Crippen LogP contribution in [0.2, 0.25) is 0 Å². The number of benzene rings is 1. The molecule has 0 saturated carbocycles. The van der Waals surface area contributed by atoms with Gasteiger partial charge in [0.25, 0.3) is 5.91 Å².